The van der Waals surface area contributed by atoms with E-state index in [2.05, 4.69) is 10.2 Å². The van der Waals surface area contributed by atoms with Gasteiger partial charge in [-0.25, -0.2) is 4.98 Å². The summed E-state index contributed by atoms with van der Waals surface area (Å²) in [5.74, 6) is 0.0556. The van der Waals surface area contributed by atoms with E-state index in [-0.39, 0.29) is 16.7 Å². The van der Waals surface area contributed by atoms with Gasteiger partial charge in [0.25, 0.3) is 11.5 Å². The number of aryl methyl sites for hydroxylation is 1. The van der Waals surface area contributed by atoms with E-state index in [0.29, 0.717) is 24.4 Å². The molecule has 0 saturated carbocycles. The monoisotopic (exact) mass is 455 g/mol. The van der Waals surface area contributed by atoms with Gasteiger partial charge in [-0.3, -0.25) is 14.0 Å². The average Bonchev–Trinajstić information content (AvgIpc) is 3.14. The summed E-state index contributed by atoms with van der Waals surface area (Å²) in [4.78, 5) is 33.3. The van der Waals surface area contributed by atoms with E-state index in [0.717, 1.165) is 49.9 Å². The predicted molar refractivity (Wildman–Crippen MR) is 134 cm³/mol. The van der Waals surface area contributed by atoms with Crippen LogP contribution in [-0.2, 0) is 11.2 Å². The minimum absolute atomic E-state index is 0.101. The van der Waals surface area contributed by atoms with Crippen molar-refractivity contribution in [1.29, 1.82) is 5.26 Å². The number of aromatic nitrogens is 2. The van der Waals surface area contributed by atoms with Gasteiger partial charge >= 0.3 is 0 Å². The van der Waals surface area contributed by atoms with Crippen molar-refractivity contribution in [2.75, 3.05) is 24.5 Å². The molecule has 0 atom stereocenters. The molecule has 0 bridgehead atoms. The first-order valence-corrected chi connectivity index (χ1v) is 11.8. The number of nitrogens with zero attached hydrogens (tertiary/aromatic N) is 4. The number of hydrogen-bond acceptors (Lipinski definition) is 5. The number of pyridine rings is 1. The Morgan fingerprint density at radius 1 is 1.12 bits per heavy atom. The third-order valence-corrected chi connectivity index (χ3v) is 6.17. The lowest BCUT2D eigenvalue weighted by Gasteiger charge is -2.24. The minimum atomic E-state index is -0.492. The number of amides is 1. The molecule has 4 rings (SSSR count). The first kappa shape index (κ1) is 23.2. The number of carbonyl (C=O) groups excluding carboxylic acids is 1. The summed E-state index contributed by atoms with van der Waals surface area (Å²) in [5.41, 5.74) is 2.48. The standard InChI is InChI=1S/C27H29N5O2/c1-20-10-9-17-32-24(20)30-25(31-15-7-2-3-8-16-31)23(27(32)34)18-22(19-28)26(33)29-14-13-21-11-5-4-6-12-21/h4-6,9-12,17-18H,2-3,7-8,13-16H2,1H3,(H,29,33)/b22-18+. The number of carbonyl (C=O) groups is 1. The Hall–Kier alpha value is -3.92. The number of nitriles is 1. The molecule has 1 fully saturated rings. The number of hydrogen-bond donors (Lipinski definition) is 1. The largest absolute Gasteiger partial charge is 0.356 e. The van der Waals surface area contributed by atoms with Crippen molar-refractivity contribution in [2.45, 2.75) is 39.0 Å². The van der Waals surface area contributed by atoms with Gasteiger partial charge in [-0.15, -0.1) is 0 Å². The Bertz CT molecular complexity index is 1300. The predicted octanol–water partition coefficient (Wildman–Crippen LogP) is 3.65. The van der Waals surface area contributed by atoms with Crippen LogP contribution < -0.4 is 15.8 Å². The molecule has 0 spiro atoms. The molecule has 0 aliphatic carbocycles. The minimum Gasteiger partial charge on any atom is -0.356 e. The molecule has 1 saturated heterocycles. The van der Waals surface area contributed by atoms with Gasteiger partial charge in [0.1, 0.15) is 23.1 Å². The molecule has 0 radical (unpaired) electrons. The highest BCUT2D eigenvalue weighted by molar-refractivity contribution is 6.02. The summed E-state index contributed by atoms with van der Waals surface area (Å²) in [6.45, 7) is 3.90. The lowest BCUT2D eigenvalue weighted by atomic mass is 10.1. The van der Waals surface area contributed by atoms with Crippen LogP contribution in [0.4, 0.5) is 5.82 Å². The molecule has 3 heterocycles. The fourth-order valence-electron chi connectivity index (χ4n) is 4.30. The Labute approximate surface area is 199 Å². The number of anilines is 1. The lowest BCUT2D eigenvalue weighted by Crippen LogP contribution is -2.31. The first-order valence-electron chi connectivity index (χ1n) is 11.8. The summed E-state index contributed by atoms with van der Waals surface area (Å²) in [5, 5.41) is 12.6. The van der Waals surface area contributed by atoms with Crippen LogP contribution in [0, 0.1) is 18.3 Å². The summed E-state index contributed by atoms with van der Waals surface area (Å²) in [6.07, 6.45) is 8.05. The molecular formula is C27H29N5O2. The van der Waals surface area contributed by atoms with E-state index < -0.39 is 5.91 Å². The number of benzene rings is 1. The molecule has 0 unspecified atom stereocenters. The van der Waals surface area contributed by atoms with E-state index in [4.69, 9.17) is 4.98 Å². The summed E-state index contributed by atoms with van der Waals surface area (Å²) in [6, 6.07) is 15.5. The van der Waals surface area contributed by atoms with Gasteiger partial charge in [-0.2, -0.15) is 5.26 Å². The molecule has 3 aromatic rings. The molecule has 2 aromatic heterocycles. The average molecular weight is 456 g/mol. The topological polar surface area (TPSA) is 90.5 Å². The molecular weight excluding hydrogens is 426 g/mol. The van der Waals surface area contributed by atoms with Gasteiger partial charge in [-0.05, 0) is 49.5 Å². The number of rotatable bonds is 6. The fourth-order valence-corrected chi connectivity index (χ4v) is 4.30. The van der Waals surface area contributed by atoms with Crippen LogP contribution >= 0.6 is 0 Å². The third-order valence-electron chi connectivity index (χ3n) is 6.17. The zero-order chi connectivity index (χ0) is 23.9. The maximum Gasteiger partial charge on any atom is 0.267 e. The number of nitrogens with one attached hydrogen (secondary N) is 1. The van der Waals surface area contributed by atoms with Gasteiger partial charge in [0.15, 0.2) is 0 Å². The maximum atomic E-state index is 13.5. The van der Waals surface area contributed by atoms with Gasteiger partial charge in [0.05, 0.1) is 5.56 Å². The molecule has 1 N–H and O–H groups in total. The molecule has 1 aliphatic heterocycles. The van der Waals surface area contributed by atoms with Crippen molar-refractivity contribution < 1.29 is 4.79 Å². The highest BCUT2D eigenvalue weighted by atomic mass is 16.1. The van der Waals surface area contributed by atoms with Crippen LogP contribution in [0.5, 0.6) is 0 Å². The van der Waals surface area contributed by atoms with Gasteiger partial charge < -0.3 is 10.2 Å². The smallest absolute Gasteiger partial charge is 0.267 e. The van der Waals surface area contributed by atoms with Crippen molar-refractivity contribution in [3.63, 3.8) is 0 Å². The molecule has 1 aliphatic rings. The van der Waals surface area contributed by atoms with E-state index in [1.165, 1.54) is 10.5 Å². The molecule has 1 amide bonds. The molecule has 34 heavy (non-hydrogen) atoms. The Morgan fingerprint density at radius 3 is 2.56 bits per heavy atom. The third kappa shape index (κ3) is 5.18. The van der Waals surface area contributed by atoms with Gasteiger partial charge in [-0.1, -0.05) is 49.2 Å². The summed E-state index contributed by atoms with van der Waals surface area (Å²) >= 11 is 0. The lowest BCUT2D eigenvalue weighted by molar-refractivity contribution is -0.117. The SMILES string of the molecule is Cc1cccn2c(=O)c(/C=C(\C#N)C(=O)NCCc3ccccc3)c(N3CCCCCC3)nc12. The first-order chi connectivity index (χ1) is 16.6. The van der Waals surface area contributed by atoms with Gasteiger partial charge in [0.2, 0.25) is 0 Å². The number of fused-ring (bicyclic) bond motifs is 1. The highest BCUT2D eigenvalue weighted by Gasteiger charge is 2.21. The highest BCUT2D eigenvalue weighted by Crippen LogP contribution is 2.23. The van der Waals surface area contributed by atoms with Crippen molar-refractivity contribution in [1.82, 2.24) is 14.7 Å². The van der Waals surface area contributed by atoms with Crippen LogP contribution in [0.2, 0.25) is 0 Å². The zero-order valence-corrected chi connectivity index (χ0v) is 19.5. The fraction of sp³-hybridized carbons (Fsp3) is 0.333. The normalized spacial score (nSPS) is 14.5. The Kier molecular flexibility index (Phi) is 7.38. The Morgan fingerprint density at radius 2 is 1.85 bits per heavy atom. The van der Waals surface area contributed by atoms with Gasteiger partial charge in [0, 0.05) is 25.8 Å². The van der Waals surface area contributed by atoms with Crippen molar-refractivity contribution >= 4 is 23.4 Å². The zero-order valence-electron chi connectivity index (χ0n) is 19.5. The second-order valence-corrected chi connectivity index (χ2v) is 8.60. The second-order valence-electron chi connectivity index (χ2n) is 8.60. The van der Waals surface area contributed by atoms with E-state index in [9.17, 15) is 14.9 Å². The Balaban J connectivity index is 1.69. The van der Waals surface area contributed by atoms with Crippen LogP contribution in [-0.4, -0.2) is 34.9 Å². The molecule has 174 valence electrons. The van der Waals surface area contributed by atoms with Crippen molar-refractivity contribution in [3.8, 4) is 6.07 Å². The summed E-state index contributed by atoms with van der Waals surface area (Å²) < 4.78 is 1.49. The van der Waals surface area contributed by atoms with Crippen LogP contribution in [0.25, 0.3) is 11.7 Å². The maximum absolute atomic E-state index is 13.5. The second kappa shape index (κ2) is 10.8. The molecule has 1 aromatic carbocycles. The van der Waals surface area contributed by atoms with E-state index >= 15 is 0 Å². The molecule has 7 nitrogen and oxygen atoms in total. The van der Waals surface area contributed by atoms with E-state index in [1.54, 1.807) is 12.3 Å². The van der Waals surface area contributed by atoms with Crippen LogP contribution in [0.1, 0.15) is 42.4 Å². The van der Waals surface area contributed by atoms with Crippen molar-refractivity contribution in [2.24, 2.45) is 0 Å². The molecule has 7 heteroatoms. The van der Waals surface area contributed by atoms with Crippen molar-refractivity contribution in [3.05, 3.63) is 81.3 Å². The van der Waals surface area contributed by atoms with Crippen LogP contribution in [0.15, 0.2) is 59.0 Å². The quantitative estimate of drug-likeness (QED) is 0.453. The van der Waals surface area contributed by atoms with Crippen LogP contribution in [0.3, 0.4) is 0 Å². The summed E-state index contributed by atoms with van der Waals surface area (Å²) in [7, 11) is 0. The van der Waals surface area contributed by atoms with E-state index in [1.807, 2.05) is 49.4 Å².